The highest BCUT2D eigenvalue weighted by molar-refractivity contribution is 6.01. The lowest BCUT2D eigenvalue weighted by molar-refractivity contribution is -0.547. The van der Waals surface area contributed by atoms with Gasteiger partial charge in [0.15, 0.2) is 0 Å². The number of nitrogens with zero attached hydrogens (tertiary/aromatic N) is 4. The third kappa shape index (κ3) is 3.36. The molecule has 0 aliphatic carbocycles. The van der Waals surface area contributed by atoms with E-state index in [4.69, 9.17) is 4.99 Å². The fraction of sp³-hybridized carbons (Fsp3) is 0.167. The van der Waals surface area contributed by atoms with Crippen LogP contribution >= 0.6 is 0 Å². The molecule has 0 saturated heterocycles. The fourth-order valence-electron chi connectivity index (χ4n) is 3.67. The first-order chi connectivity index (χ1) is 14.1. The van der Waals surface area contributed by atoms with Gasteiger partial charge >= 0.3 is 5.79 Å². The Kier molecular flexibility index (Phi) is 5.04. The van der Waals surface area contributed by atoms with Crippen molar-refractivity contribution in [1.29, 1.82) is 0 Å². The number of benzene rings is 3. The molecule has 0 bridgehead atoms. The SMILES string of the molecule is CN(C)/C=N\C1(c2ccccc2)N(c2ccccc2)CC(c2ccccc2)=[N+]1[O-]. The first-order valence-corrected chi connectivity index (χ1v) is 9.61. The van der Waals surface area contributed by atoms with E-state index in [2.05, 4.69) is 4.90 Å². The average Bonchev–Trinajstić information content (AvgIpc) is 3.07. The van der Waals surface area contributed by atoms with Gasteiger partial charge in [-0.1, -0.05) is 54.6 Å². The van der Waals surface area contributed by atoms with E-state index in [0.717, 1.165) is 21.6 Å². The van der Waals surface area contributed by atoms with E-state index < -0.39 is 5.79 Å². The van der Waals surface area contributed by atoms with Crippen molar-refractivity contribution in [1.82, 2.24) is 4.90 Å². The molecule has 0 N–H and O–H groups in total. The molecule has 0 amide bonds. The van der Waals surface area contributed by atoms with Crippen LogP contribution in [0.25, 0.3) is 0 Å². The summed E-state index contributed by atoms with van der Waals surface area (Å²) in [5.74, 6) is -1.22. The molecule has 0 aromatic heterocycles. The predicted molar refractivity (Wildman–Crippen MR) is 118 cm³/mol. The van der Waals surface area contributed by atoms with Gasteiger partial charge in [0.2, 0.25) is 5.71 Å². The Morgan fingerprint density at radius 3 is 2.03 bits per heavy atom. The second-order valence-electron chi connectivity index (χ2n) is 7.24. The molecule has 0 spiro atoms. The number of anilines is 1. The average molecular weight is 384 g/mol. The van der Waals surface area contributed by atoms with Crippen LogP contribution in [-0.4, -0.2) is 42.3 Å². The normalized spacial score (nSPS) is 19.2. The third-order valence-corrected chi connectivity index (χ3v) is 5.02. The lowest BCUT2D eigenvalue weighted by Gasteiger charge is -2.33. The van der Waals surface area contributed by atoms with Gasteiger partial charge in [0, 0.05) is 25.3 Å². The van der Waals surface area contributed by atoms with Crippen LogP contribution in [0.5, 0.6) is 0 Å². The topological polar surface area (TPSA) is 44.9 Å². The molecule has 1 atom stereocenters. The quantitative estimate of drug-likeness (QED) is 0.290. The second kappa shape index (κ2) is 7.80. The molecular formula is C24H24N4O. The fourth-order valence-corrected chi connectivity index (χ4v) is 3.67. The number of rotatable bonds is 5. The maximum absolute atomic E-state index is 13.9. The van der Waals surface area contributed by atoms with E-state index in [-0.39, 0.29) is 0 Å². The Morgan fingerprint density at radius 2 is 1.45 bits per heavy atom. The van der Waals surface area contributed by atoms with Gasteiger partial charge in [-0.2, -0.15) is 9.73 Å². The van der Waals surface area contributed by atoms with Crippen LogP contribution < -0.4 is 4.90 Å². The van der Waals surface area contributed by atoms with E-state index in [1.165, 1.54) is 0 Å². The zero-order valence-corrected chi connectivity index (χ0v) is 16.6. The van der Waals surface area contributed by atoms with Gasteiger partial charge in [-0.15, -0.1) is 0 Å². The predicted octanol–water partition coefficient (Wildman–Crippen LogP) is 3.91. The highest BCUT2D eigenvalue weighted by atomic mass is 16.5. The van der Waals surface area contributed by atoms with Crippen molar-refractivity contribution in [2.45, 2.75) is 5.79 Å². The van der Waals surface area contributed by atoms with Gasteiger partial charge in [-0.05, 0) is 36.4 Å². The van der Waals surface area contributed by atoms with Crippen molar-refractivity contribution in [3.63, 3.8) is 0 Å². The molecule has 5 heteroatoms. The number of hydroxylamine groups is 1. The number of hydrogen-bond donors (Lipinski definition) is 0. The lowest BCUT2D eigenvalue weighted by Crippen LogP contribution is -2.47. The van der Waals surface area contributed by atoms with Gasteiger partial charge in [-0.3, -0.25) is 4.90 Å². The molecule has 1 aliphatic rings. The number of hydrogen-bond acceptors (Lipinski definition) is 3. The molecule has 0 radical (unpaired) electrons. The van der Waals surface area contributed by atoms with Crippen LogP contribution in [0.2, 0.25) is 0 Å². The molecule has 0 saturated carbocycles. The van der Waals surface area contributed by atoms with E-state index in [0.29, 0.717) is 12.3 Å². The summed E-state index contributed by atoms with van der Waals surface area (Å²) in [6.07, 6.45) is 1.71. The molecule has 29 heavy (non-hydrogen) atoms. The summed E-state index contributed by atoms with van der Waals surface area (Å²) < 4.78 is 1.06. The molecule has 146 valence electrons. The Bertz CT molecular complexity index is 1020. The van der Waals surface area contributed by atoms with Crippen LogP contribution in [0.1, 0.15) is 11.1 Å². The third-order valence-electron chi connectivity index (χ3n) is 5.02. The van der Waals surface area contributed by atoms with E-state index in [9.17, 15) is 5.21 Å². The largest absolute Gasteiger partial charge is 0.620 e. The summed E-state index contributed by atoms with van der Waals surface area (Å²) in [4.78, 5) is 8.78. The minimum atomic E-state index is -1.22. The Hall–Kier alpha value is -3.60. The van der Waals surface area contributed by atoms with Crippen LogP contribution in [0, 0.1) is 5.21 Å². The first kappa shape index (κ1) is 18.7. The van der Waals surface area contributed by atoms with Gasteiger partial charge in [0.05, 0.1) is 11.9 Å². The summed E-state index contributed by atoms with van der Waals surface area (Å²) in [6.45, 7) is 0.456. The summed E-state index contributed by atoms with van der Waals surface area (Å²) in [5.41, 5.74) is 3.36. The van der Waals surface area contributed by atoms with Crippen molar-refractivity contribution in [2.24, 2.45) is 4.99 Å². The molecular weight excluding hydrogens is 360 g/mol. The summed E-state index contributed by atoms with van der Waals surface area (Å²) in [6, 6.07) is 29.5. The minimum absolute atomic E-state index is 0.456. The standard InChI is InChI=1S/C24H24N4O/c1-26(2)19-25-24(21-14-8-4-9-15-21)27(22-16-10-5-11-17-22)18-23(28(24)29)20-12-6-3-7-13-20/h3-17,19H,18H2,1-2H3/b25-19-. The molecule has 4 rings (SSSR count). The zero-order chi connectivity index (χ0) is 20.3. The van der Waals surface area contributed by atoms with Crippen molar-refractivity contribution >= 4 is 17.7 Å². The second-order valence-corrected chi connectivity index (χ2v) is 7.24. The van der Waals surface area contributed by atoms with Crippen LogP contribution in [0.3, 0.4) is 0 Å². The van der Waals surface area contributed by atoms with Crippen LogP contribution in [0.15, 0.2) is 96.0 Å². The summed E-state index contributed by atoms with van der Waals surface area (Å²) in [7, 11) is 3.81. The highest BCUT2D eigenvalue weighted by Crippen LogP contribution is 2.39. The number of aliphatic imine (C=N–C) groups is 1. The van der Waals surface area contributed by atoms with E-state index in [1.54, 1.807) is 6.34 Å². The zero-order valence-electron chi connectivity index (χ0n) is 16.6. The van der Waals surface area contributed by atoms with E-state index in [1.807, 2.05) is 110 Å². The minimum Gasteiger partial charge on any atom is -0.620 e. The summed E-state index contributed by atoms with van der Waals surface area (Å²) in [5, 5.41) is 13.9. The van der Waals surface area contributed by atoms with Gasteiger partial charge < -0.3 is 10.1 Å². The van der Waals surface area contributed by atoms with Gasteiger partial charge in [0.1, 0.15) is 6.54 Å². The van der Waals surface area contributed by atoms with Crippen molar-refractivity contribution in [3.8, 4) is 0 Å². The van der Waals surface area contributed by atoms with Crippen LogP contribution in [-0.2, 0) is 5.79 Å². The van der Waals surface area contributed by atoms with Crippen molar-refractivity contribution < 1.29 is 4.74 Å². The van der Waals surface area contributed by atoms with Crippen molar-refractivity contribution in [2.75, 3.05) is 25.5 Å². The molecule has 1 aliphatic heterocycles. The van der Waals surface area contributed by atoms with Gasteiger partial charge in [-0.25, -0.2) is 0 Å². The maximum Gasteiger partial charge on any atom is 0.378 e. The highest BCUT2D eigenvalue weighted by Gasteiger charge is 2.54. The van der Waals surface area contributed by atoms with Crippen LogP contribution in [0.4, 0.5) is 5.69 Å². The molecule has 1 heterocycles. The lowest BCUT2D eigenvalue weighted by atomic mass is 10.1. The number of para-hydroxylation sites is 1. The Morgan fingerprint density at radius 1 is 0.897 bits per heavy atom. The molecule has 3 aromatic rings. The van der Waals surface area contributed by atoms with Crippen molar-refractivity contribution in [3.05, 3.63) is 107 Å². The first-order valence-electron chi connectivity index (χ1n) is 9.61. The molecule has 1 unspecified atom stereocenters. The Balaban J connectivity index is 1.99. The Labute approximate surface area is 171 Å². The monoisotopic (exact) mass is 384 g/mol. The van der Waals surface area contributed by atoms with E-state index >= 15 is 0 Å². The van der Waals surface area contributed by atoms with Gasteiger partial charge in [0.25, 0.3) is 0 Å². The maximum atomic E-state index is 13.9. The summed E-state index contributed by atoms with van der Waals surface area (Å²) >= 11 is 0. The molecule has 3 aromatic carbocycles. The smallest absolute Gasteiger partial charge is 0.378 e. The molecule has 0 fully saturated rings. The molecule has 5 nitrogen and oxygen atoms in total.